The number of pyridine rings is 1. The number of carbonyl (C=O) groups is 1. The van der Waals surface area contributed by atoms with Gasteiger partial charge < -0.3 is 15.2 Å². The van der Waals surface area contributed by atoms with Gasteiger partial charge in [-0.15, -0.1) is 0 Å². The first kappa shape index (κ1) is 18.9. The molecule has 156 valence electrons. The Balaban J connectivity index is 1.43. The third-order valence-corrected chi connectivity index (χ3v) is 6.17. The molecule has 0 atom stereocenters. The Kier molecular flexibility index (Phi) is 4.81. The van der Waals surface area contributed by atoms with Gasteiger partial charge in [0, 0.05) is 37.1 Å². The number of hydrogen-bond donors (Lipinski definition) is 2. The number of H-pyrrole nitrogens is 1. The Hall–Kier alpha value is -3.09. The molecule has 2 aliphatic rings. The van der Waals surface area contributed by atoms with Gasteiger partial charge in [0.15, 0.2) is 5.82 Å². The van der Waals surface area contributed by atoms with Crippen molar-refractivity contribution in [3.63, 3.8) is 0 Å². The van der Waals surface area contributed by atoms with E-state index in [1.807, 2.05) is 40.8 Å². The third-order valence-electron chi connectivity index (χ3n) is 6.17. The summed E-state index contributed by atoms with van der Waals surface area (Å²) in [4.78, 5) is 30.1. The zero-order chi connectivity index (χ0) is 20.7. The van der Waals surface area contributed by atoms with Crippen molar-refractivity contribution in [2.24, 2.45) is 5.92 Å². The predicted molar refractivity (Wildman–Crippen MR) is 117 cm³/mol. The molecule has 2 N–H and O–H groups in total. The van der Waals surface area contributed by atoms with Gasteiger partial charge in [-0.25, -0.2) is 0 Å². The lowest BCUT2D eigenvalue weighted by atomic mass is 10.0. The van der Waals surface area contributed by atoms with Crippen LogP contribution in [0.2, 0.25) is 0 Å². The number of benzene rings is 1. The van der Waals surface area contributed by atoms with Crippen molar-refractivity contribution in [1.29, 1.82) is 0 Å². The highest BCUT2D eigenvalue weighted by molar-refractivity contribution is 5.96. The molecule has 2 aromatic heterocycles. The average molecular weight is 406 g/mol. The summed E-state index contributed by atoms with van der Waals surface area (Å²) in [5.41, 5.74) is 3.19. The van der Waals surface area contributed by atoms with Crippen LogP contribution in [0.3, 0.4) is 0 Å². The Morgan fingerprint density at radius 3 is 2.73 bits per heavy atom. The second-order valence-corrected chi connectivity index (χ2v) is 8.55. The predicted octanol–water partition coefficient (Wildman–Crippen LogP) is 3.81. The van der Waals surface area contributed by atoms with Gasteiger partial charge in [-0.05, 0) is 74.8 Å². The van der Waals surface area contributed by atoms with Crippen LogP contribution in [0.15, 0.2) is 35.3 Å². The minimum Gasteiger partial charge on any atom is -0.339 e. The molecular formula is C23H27N5O2. The Labute approximate surface area is 175 Å². The molecule has 1 saturated heterocycles. The molecule has 7 nitrogen and oxygen atoms in total. The van der Waals surface area contributed by atoms with Gasteiger partial charge in [-0.2, -0.15) is 5.10 Å². The van der Waals surface area contributed by atoms with Crippen molar-refractivity contribution in [2.75, 3.05) is 18.4 Å². The molecule has 0 spiro atoms. The van der Waals surface area contributed by atoms with E-state index in [1.165, 1.54) is 19.3 Å². The SMILES string of the molecule is Cc1cc(Nc2nn(CC3CC3)c3cc[nH]c(=O)c23)ccc1C(=O)N1CCCCC1. The van der Waals surface area contributed by atoms with Gasteiger partial charge in [0.2, 0.25) is 0 Å². The molecule has 1 aliphatic heterocycles. The van der Waals surface area contributed by atoms with Crippen LogP contribution in [0.1, 0.15) is 48.0 Å². The third kappa shape index (κ3) is 3.60. The molecule has 0 radical (unpaired) electrons. The molecule has 30 heavy (non-hydrogen) atoms. The molecule has 5 rings (SSSR count). The van der Waals surface area contributed by atoms with Gasteiger partial charge in [0.25, 0.3) is 11.5 Å². The number of anilines is 2. The number of aromatic nitrogens is 3. The molecule has 3 heterocycles. The smallest absolute Gasteiger partial charge is 0.261 e. The van der Waals surface area contributed by atoms with Gasteiger partial charge >= 0.3 is 0 Å². The number of amides is 1. The zero-order valence-electron chi connectivity index (χ0n) is 17.3. The first-order valence-corrected chi connectivity index (χ1v) is 10.9. The second-order valence-electron chi connectivity index (χ2n) is 8.55. The monoisotopic (exact) mass is 405 g/mol. The lowest BCUT2D eigenvalue weighted by Gasteiger charge is -2.27. The summed E-state index contributed by atoms with van der Waals surface area (Å²) in [5, 5.41) is 8.58. The van der Waals surface area contributed by atoms with Crippen LogP contribution in [-0.2, 0) is 6.54 Å². The quantitative estimate of drug-likeness (QED) is 0.676. The fourth-order valence-corrected chi connectivity index (χ4v) is 4.29. The first-order valence-electron chi connectivity index (χ1n) is 10.9. The van der Waals surface area contributed by atoms with Crippen LogP contribution in [0, 0.1) is 12.8 Å². The standard InChI is InChI=1S/C23H27N5O2/c1-15-13-17(7-8-18(15)23(30)27-11-3-2-4-12-27)25-21-20-19(9-10-24-22(20)29)28(26-21)14-16-5-6-16/h7-10,13,16H,2-6,11-12,14H2,1H3,(H,24,29)(H,25,26). The van der Waals surface area contributed by atoms with Crippen LogP contribution in [0.25, 0.3) is 10.9 Å². The highest BCUT2D eigenvalue weighted by atomic mass is 16.2. The number of carbonyl (C=O) groups excluding carboxylic acids is 1. The summed E-state index contributed by atoms with van der Waals surface area (Å²) in [6.45, 7) is 4.47. The molecule has 0 bridgehead atoms. The molecule has 7 heteroatoms. The Bertz CT molecular complexity index is 1150. The molecule has 1 saturated carbocycles. The number of aromatic amines is 1. The normalized spacial score (nSPS) is 16.8. The van der Waals surface area contributed by atoms with Crippen molar-refractivity contribution < 1.29 is 4.79 Å². The van der Waals surface area contributed by atoms with E-state index in [4.69, 9.17) is 5.10 Å². The first-order chi connectivity index (χ1) is 14.6. The number of likely N-dealkylation sites (tertiary alicyclic amines) is 1. The molecule has 2 fully saturated rings. The van der Waals surface area contributed by atoms with Crippen LogP contribution in [-0.4, -0.2) is 38.7 Å². The van der Waals surface area contributed by atoms with Gasteiger partial charge in [0.1, 0.15) is 5.39 Å². The number of hydrogen-bond acceptors (Lipinski definition) is 4. The summed E-state index contributed by atoms with van der Waals surface area (Å²) in [6, 6.07) is 7.64. The largest absolute Gasteiger partial charge is 0.339 e. The molecule has 1 amide bonds. The summed E-state index contributed by atoms with van der Waals surface area (Å²) in [6.07, 6.45) is 7.47. The maximum absolute atomic E-state index is 12.9. The summed E-state index contributed by atoms with van der Waals surface area (Å²) >= 11 is 0. The average Bonchev–Trinajstić information content (AvgIpc) is 3.50. The minimum atomic E-state index is -0.148. The van der Waals surface area contributed by atoms with E-state index in [0.29, 0.717) is 17.1 Å². The topological polar surface area (TPSA) is 83.0 Å². The summed E-state index contributed by atoms with van der Waals surface area (Å²) in [7, 11) is 0. The van der Waals surface area contributed by atoms with Crippen LogP contribution in [0.5, 0.6) is 0 Å². The van der Waals surface area contributed by atoms with E-state index in [0.717, 1.165) is 54.8 Å². The number of aryl methyl sites for hydroxylation is 1. The van der Waals surface area contributed by atoms with E-state index in [9.17, 15) is 9.59 Å². The van der Waals surface area contributed by atoms with Crippen molar-refractivity contribution in [3.05, 3.63) is 51.9 Å². The fraction of sp³-hybridized carbons (Fsp3) is 0.435. The maximum atomic E-state index is 12.9. The van der Waals surface area contributed by atoms with Crippen LogP contribution < -0.4 is 10.9 Å². The number of nitrogens with one attached hydrogen (secondary N) is 2. The van der Waals surface area contributed by atoms with E-state index in [1.54, 1.807) is 6.20 Å². The molecular weight excluding hydrogens is 378 g/mol. The van der Waals surface area contributed by atoms with E-state index in [2.05, 4.69) is 10.3 Å². The zero-order valence-corrected chi connectivity index (χ0v) is 17.3. The molecule has 1 aliphatic carbocycles. The van der Waals surface area contributed by atoms with Crippen LogP contribution in [0.4, 0.5) is 11.5 Å². The van der Waals surface area contributed by atoms with Crippen molar-refractivity contribution in [3.8, 4) is 0 Å². The number of piperidine rings is 1. The Morgan fingerprint density at radius 1 is 1.20 bits per heavy atom. The summed E-state index contributed by atoms with van der Waals surface area (Å²) < 4.78 is 1.94. The van der Waals surface area contributed by atoms with E-state index >= 15 is 0 Å². The molecule has 3 aromatic rings. The second kappa shape index (κ2) is 7.63. The van der Waals surface area contributed by atoms with Gasteiger partial charge in [-0.1, -0.05) is 0 Å². The van der Waals surface area contributed by atoms with Gasteiger partial charge in [0.05, 0.1) is 5.52 Å². The fourth-order valence-electron chi connectivity index (χ4n) is 4.29. The lowest BCUT2D eigenvalue weighted by molar-refractivity contribution is 0.0723. The maximum Gasteiger partial charge on any atom is 0.261 e. The van der Waals surface area contributed by atoms with E-state index < -0.39 is 0 Å². The number of nitrogens with zero attached hydrogens (tertiary/aromatic N) is 3. The molecule has 1 aromatic carbocycles. The van der Waals surface area contributed by atoms with Crippen molar-refractivity contribution in [2.45, 2.75) is 45.6 Å². The lowest BCUT2D eigenvalue weighted by Crippen LogP contribution is -2.35. The van der Waals surface area contributed by atoms with Crippen molar-refractivity contribution in [1.82, 2.24) is 19.7 Å². The van der Waals surface area contributed by atoms with Crippen LogP contribution >= 0.6 is 0 Å². The Morgan fingerprint density at radius 2 is 2.00 bits per heavy atom. The molecule has 0 unspecified atom stereocenters. The van der Waals surface area contributed by atoms with Crippen molar-refractivity contribution >= 4 is 28.3 Å². The summed E-state index contributed by atoms with van der Waals surface area (Å²) in [5.74, 6) is 1.32. The highest BCUT2D eigenvalue weighted by Gasteiger charge is 2.25. The number of rotatable bonds is 5. The highest BCUT2D eigenvalue weighted by Crippen LogP contribution is 2.33. The number of fused-ring (bicyclic) bond motifs is 1. The van der Waals surface area contributed by atoms with Gasteiger partial charge in [-0.3, -0.25) is 14.3 Å². The van der Waals surface area contributed by atoms with E-state index in [-0.39, 0.29) is 11.5 Å². The minimum absolute atomic E-state index is 0.106.